The van der Waals surface area contributed by atoms with Gasteiger partial charge < -0.3 is 25.2 Å². The van der Waals surface area contributed by atoms with Crippen LogP contribution in [0.25, 0.3) is 0 Å². The molecule has 6 heteroatoms. The molecule has 1 aromatic rings. The molecule has 0 bridgehead atoms. The second kappa shape index (κ2) is 10.8. The van der Waals surface area contributed by atoms with Crippen molar-refractivity contribution in [2.24, 2.45) is 11.8 Å². The topological polar surface area (TPSA) is 107 Å². The van der Waals surface area contributed by atoms with E-state index in [0.29, 0.717) is 25.7 Å². The van der Waals surface area contributed by atoms with Gasteiger partial charge in [0.05, 0.1) is 12.2 Å². The summed E-state index contributed by atoms with van der Waals surface area (Å²) in [5.74, 6) is -0.364. The molecule has 0 saturated heterocycles. The van der Waals surface area contributed by atoms with Crippen molar-refractivity contribution in [2.75, 3.05) is 0 Å². The number of benzene rings is 1. The highest BCUT2D eigenvalue weighted by atomic mass is 16.5. The van der Waals surface area contributed by atoms with Crippen LogP contribution in [-0.2, 0) is 11.2 Å². The number of carboxylic acids is 1. The van der Waals surface area contributed by atoms with E-state index in [1.54, 1.807) is 6.08 Å². The largest absolute Gasteiger partial charge is 0.487 e. The normalized spacial score (nSPS) is 29.8. The van der Waals surface area contributed by atoms with Crippen molar-refractivity contribution in [3.8, 4) is 5.75 Å². The number of unbranched alkanes of at least 4 members (excludes halogenated alkanes) is 1. The van der Waals surface area contributed by atoms with Gasteiger partial charge in [0, 0.05) is 18.8 Å². The Labute approximate surface area is 177 Å². The minimum Gasteiger partial charge on any atom is -0.487 e. The summed E-state index contributed by atoms with van der Waals surface area (Å²) >= 11 is 0. The summed E-state index contributed by atoms with van der Waals surface area (Å²) in [7, 11) is 0. The van der Waals surface area contributed by atoms with E-state index in [1.165, 1.54) is 0 Å². The standard InChI is InChI=1S/C24H32O6/c25-19(23-14-11-16-7-5-6-9-22(16)30-23)13-12-18-17(20(26)15-21(18)27)8-3-1-2-4-10-24(28)29/h1,3,5-7,9,12-13,17-21,23,25-27H,2,4,8,10-11,14-15H2,(H,28,29)/b3-1-,13-12+/t17-,18?,19+,20+,21-,23+/m1/s1. The van der Waals surface area contributed by atoms with Crippen LogP contribution in [0.4, 0.5) is 0 Å². The summed E-state index contributed by atoms with van der Waals surface area (Å²) < 4.78 is 5.94. The number of fused-ring (bicyclic) bond motifs is 1. The van der Waals surface area contributed by atoms with Crippen molar-refractivity contribution in [3.63, 3.8) is 0 Å². The Hall–Kier alpha value is -2.15. The summed E-state index contributed by atoms with van der Waals surface area (Å²) in [6.07, 6.45) is 8.93. The fourth-order valence-corrected chi connectivity index (χ4v) is 4.40. The number of hydrogen-bond acceptors (Lipinski definition) is 5. The van der Waals surface area contributed by atoms with E-state index in [1.807, 2.05) is 42.5 Å². The SMILES string of the molecule is O=C(O)CCC/C=C\C[C@@H]1C(/C=C/[C@H](O)[C@@H]2CCc3ccccc3O2)[C@H](O)C[C@@H]1O. The second-order valence-corrected chi connectivity index (χ2v) is 8.28. The molecule has 2 aliphatic rings. The zero-order valence-corrected chi connectivity index (χ0v) is 17.1. The Bertz CT molecular complexity index is 758. The lowest BCUT2D eigenvalue weighted by Crippen LogP contribution is -2.34. The van der Waals surface area contributed by atoms with Crippen LogP contribution in [0.15, 0.2) is 48.6 Å². The molecule has 1 saturated carbocycles. The lowest BCUT2D eigenvalue weighted by Gasteiger charge is -2.28. The minimum atomic E-state index is -0.799. The number of para-hydroxylation sites is 1. The van der Waals surface area contributed by atoms with Crippen molar-refractivity contribution in [1.82, 2.24) is 0 Å². The maximum atomic E-state index is 10.6. The monoisotopic (exact) mass is 416 g/mol. The van der Waals surface area contributed by atoms with Gasteiger partial charge in [-0.1, -0.05) is 42.5 Å². The van der Waals surface area contributed by atoms with Crippen LogP contribution in [0.3, 0.4) is 0 Å². The number of rotatable bonds is 9. The number of allylic oxidation sites excluding steroid dienone is 2. The van der Waals surface area contributed by atoms with Crippen LogP contribution in [0.1, 0.15) is 44.1 Å². The summed E-state index contributed by atoms with van der Waals surface area (Å²) in [5.41, 5.74) is 1.15. The van der Waals surface area contributed by atoms with Gasteiger partial charge in [-0.2, -0.15) is 0 Å². The van der Waals surface area contributed by atoms with Gasteiger partial charge in [0.15, 0.2) is 0 Å². The fourth-order valence-electron chi connectivity index (χ4n) is 4.40. The number of ether oxygens (including phenoxy) is 1. The van der Waals surface area contributed by atoms with Crippen molar-refractivity contribution in [1.29, 1.82) is 0 Å². The first kappa shape index (κ1) is 22.5. The molecule has 1 aromatic carbocycles. The number of carbonyl (C=O) groups is 1. The molecule has 1 unspecified atom stereocenters. The lowest BCUT2D eigenvalue weighted by molar-refractivity contribution is -0.137. The first-order valence-corrected chi connectivity index (χ1v) is 10.8. The van der Waals surface area contributed by atoms with Crippen molar-refractivity contribution < 1.29 is 30.0 Å². The quantitative estimate of drug-likeness (QED) is 0.364. The Morgan fingerprint density at radius 3 is 2.80 bits per heavy atom. The minimum absolute atomic E-state index is 0.132. The molecule has 1 fully saturated rings. The van der Waals surface area contributed by atoms with E-state index >= 15 is 0 Å². The highest BCUT2D eigenvalue weighted by molar-refractivity contribution is 5.66. The van der Waals surface area contributed by atoms with Gasteiger partial charge in [-0.15, -0.1) is 0 Å². The maximum Gasteiger partial charge on any atom is 0.303 e. The number of carboxylic acid groups (broad SMARTS) is 1. The molecule has 0 radical (unpaired) electrons. The lowest BCUT2D eigenvalue weighted by atomic mass is 9.89. The van der Waals surface area contributed by atoms with Gasteiger partial charge >= 0.3 is 5.97 Å². The molecule has 0 spiro atoms. The molecular formula is C24H32O6. The zero-order chi connectivity index (χ0) is 21.5. The summed E-state index contributed by atoms with van der Waals surface area (Å²) in [5, 5.41) is 40.0. The van der Waals surface area contributed by atoms with Gasteiger partial charge in [-0.25, -0.2) is 0 Å². The highest BCUT2D eigenvalue weighted by Gasteiger charge is 2.39. The number of aliphatic hydroxyl groups excluding tert-OH is 3. The van der Waals surface area contributed by atoms with Crippen LogP contribution in [0, 0.1) is 11.8 Å². The average Bonchev–Trinajstić information content (AvgIpc) is 3.00. The Balaban J connectivity index is 1.54. The number of aliphatic hydroxyl groups is 3. The van der Waals surface area contributed by atoms with E-state index in [4.69, 9.17) is 9.84 Å². The molecule has 1 aliphatic carbocycles. The Morgan fingerprint density at radius 2 is 2.00 bits per heavy atom. The van der Waals surface area contributed by atoms with Gasteiger partial charge in [0.2, 0.25) is 0 Å². The third-order valence-electron chi connectivity index (χ3n) is 6.11. The molecule has 3 rings (SSSR count). The fraction of sp³-hybridized carbons (Fsp3) is 0.542. The van der Waals surface area contributed by atoms with Crippen LogP contribution >= 0.6 is 0 Å². The molecule has 0 amide bonds. The molecule has 6 nitrogen and oxygen atoms in total. The summed E-state index contributed by atoms with van der Waals surface area (Å²) in [6.45, 7) is 0. The van der Waals surface area contributed by atoms with E-state index in [-0.39, 0.29) is 24.4 Å². The molecule has 4 N–H and O–H groups in total. The molecule has 6 atom stereocenters. The van der Waals surface area contributed by atoms with Crippen molar-refractivity contribution in [3.05, 3.63) is 54.1 Å². The van der Waals surface area contributed by atoms with E-state index in [2.05, 4.69) is 0 Å². The summed E-state index contributed by atoms with van der Waals surface area (Å²) in [4.78, 5) is 10.5. The van der Waals surface area contributed by atoms with Gasteiger partial charge in [0.1, 0.15) is 18.0 Å². The van der Waals surface area contributed by atoms with Crippen molar-refractivity contribution >= 4 is 5.97 Å². The average molecular weight is 417 g/mol. The van der Waals surface area contributed by atoms with Crippen molar-refractivity contribution in [2.45, 2.75) is 69.4 Å². The van der Waals surface area contributed by atoms with Crippen LogP contribution in [-0.4, -0.2) is 50.8 Å². The smallest absolute Gasteiger partial charge is 0.303 e. The maximum absolute atomic E-state index is 10.6. The van der Waals surface area contributed by atoms with E-state index in [9.17, 15) is 20.1 Å². The number of aryl methyl sites for hydroxylation is 1. The molecule has 1 heterocycles. The Morgan fingerprint density at radius 1 is 1.20 bits per heavy atom. The Kier molecular flexibility index (Phi) is 8.08. The third kappa shape index (κ3) is 5.94. The van der Waals surface area contributed by atoms with E-state index < -0.39 is 24.3 Å². The zero-order valence-electron chi connectivity index (χ0n) is 17.1. The first-order chi connectivity index (χ1) is 14.5. The molecule has 0 aromatic heterocycles. The van der Waals surface area contributed by atoms with Crippen LogP contribution in [0.2, 0.25) is 0 Å². The second-order valence-electron chi connectivity index (χ2n) is 8.28. The number of hydrogen-bond donors (Lipinski definition) is 4. The highest BCUT2D eigenvalue weighted by Crippen LogP contribution is 2.37. The van der Waals surface area contributed by atoms with Gasteiger partial charge in [-0.05, 0) is 49.7 Å². The third-order valence-corrected chi connectivity index (χ3v) is 6.11. The summed E-state index contributed by atoms with van der Waals surface area (Å²) in [6, 6.07) is 7.84. The number of aliphatic carboxylic acids is 1. The predicted molar refractivity (Wildman–Crippen MR) is 113 cm³/mol. The van der Waals surface area contributed by atoms with Crippen LogP contribution in [0.5, 0.6) is 5.75 Å². The first-order valence-electron chi connectivity index (χ1n) is 10.8. The molecular weight excluding hydrogens is 384 g/mol. The van der Waals surface area contributed by atoms with Gasteiger partial charge in [0.25, 0.3) is 0 Å². The molecule has 30 heavy (non-hydrogen) atoms. The van der Waals surface area contributed by atoms with Crippen LogP contribution < -0.4 is 4.74 Å². The predicted octanol–water partition coefficient (Wildman–Crippen LogP) is 2.86. The van der Waals surface area contributed by atoms with E-state index in [0.717, 1.165) is 24.2 Å². The van der Waals surface area contributed by atoms with Gasteiger partial charge in [-0.3, -0.25) is 4.79 Å². The molecule has 164 valence electrons. The molecule has 1 aliphatic heterocycles.